The van der Waals surface area contributed by atoms with E-state index in [-0.39, 0.29) is 11.9 Å². The lowest BCUT2D eigenvalue weighted by Gasteiger charge is -2.45. The predicted molar refractivity (Wildman–Crippen MR) is 119 cm³/mol. The molecule has 2 N–H and O–H groups in total. The van der Waals surface area contributed by atoms with Crippen molar-refractivity contribution in [2.75, 3.05) is 24.5 Å². The highest BCUT2D eigenvalue weighted by Gasteiger charge is 2.35. The Bertz CT molecular complexity index is 881. The molecule has 2 aromatic carbocycles. The van der Waals surface area contributed by atoms with E-state index in [1.807, 2.05) is 62.9 Å². The van der Waals surface area contributed by atoms with E-state index in [1.54, 1.807) is 12.1 Å². The van der Waals surface area contributed by atoms with Crippen molar-refractivity contribution in [2.45, 2.75) is 33.7 Å². The van der Waals surface area contributed by atoms with Crippen LogP contribution in [0.15, 0.2) is 42.5 Å². The number of hydrogen-bond acceptors (Lipinski definition) is 4. The van der Waals surface area contributed by atoms with Crippen LogP contribution >= 0.6 is 11.6 Å². The fourth-order valence-electron chi connectivity index (χ4n) is 3.85. The second kappa shape index (κ2) is 8.38. The monoisotopic (exact) mass is 414 g/mol. The molecular weight excluding hydrogens is 387 g/mol. The Morgan fingerprint density at radius 2 is 1.76 bits per heavy atom. The van der Waals surface area contributed by atoms with Crippen LogP contribution in [0.4, 0.5) is 5.69 Å². The molecule has 1 amide bonds. The molecule has 0 radical (unpaired) electrons. The summed E-state index contributed by atoms with van der Waals surface area (Å²) in [5, 5.41) is 19.5. The average Bonchev–Trinajstić information content (AvgIpc) is 2.66. The molecule has 0 aliphatic carbocycles. The molecule has 1 aliphatic rings. The molecule has 0 spiro atoms. The first-order chi connectivity index (χ1) is 13.6. The highest BCUT2D eigenvalue weighted by Crippen LogP contribution is 2.34. The number of nitrogens with zero attached hydrogens (tertiary/aromatic N) is 2. The van der Waals surface area contributed by atoms with Crippen LogP contribution in [-0.4, -0.2) is 47.6 Å². The Morgan fingerprint density at radius 1 is 1.10 bits per heavy atom. The summed E-state index contributed by atoms with van der Waals surface area (Å²) < 4.78 is 0. The summed E-state index contributed by atoms with van der Waals surface area (Å²) in [6.45, 7) is 9.79. The van der Waals surface area contributed by atoms with Gasteiger partial charge in [-0.3, -0.25) is 4.79 Å². The van der Waals surface area contributed by atoms with Gasteiger partial charge in [0.25, 0.3) is 0 Å². The maximum atomic E-state index is 12.9. The summed E-state index contributed by atoms with van der Waals surface area (Å²) in [5.74, 6) is 0.136. The lowest BCUT2D eigenvalue weighted by Crippen LogP contribution is -2.53. The number of benzene rings is 2. The largest absolute Gasteiger partial charge is 0.488 e. The molecule has 1 atom stereocenters. The Hall–Kier alpha value is -2.02. The second-order valence-electron chi connectivity index (χ2n) is 8.68. The SMILES string of the molecule is Cc1cc(Cl)ccc1N1CCN(C(=O)C(C)(C)C)CC1c1ccc(B(O)O)cc1. The van der Waals surface area contributed by atoms with Crippen LogP contribution in [0.3, 0.4) is 0 Å². The summed E-state index contributed by atoms with van der Waals surface area (Å²) in [5.41, 5.74) is 3.21. The molecular formula is C22H28BClN2O3. The normalized spacial score (nSPS) is 17.4. The lowest BCUT2D eigenvalue weighted by molar-refractivity contribution is -0.140. The summed E-state index contributed by atoms with van der Waals surface area (Å²) in [7, 11) is -1.50. The van der Waals surface area contributed by atoms with Gasteiger partial charge in [0.1, 0.15) is 0 Å². The first-order valence-corrected chi connectivity index (χ1v) is 10.2. The van der Waals surface area contributed by atoms with Crippen LogP contribution in [0.1, 0.15) is 37.9 Å². The Labute approximate surface area is 178 Å². The maximum Gasteiger partial charge on any atom is 0.488 e. The first-order valence-electron chi connectivity index (χ1n) is 9.86. The van der Waals surface area contributed by atoms with Gasteiger partial charge in [-0.15, -0.1) is 0 Å². The molecule has 3 rings (SSSR count). The van der Waals surface area contributed by atoms with Crippen LogP contribution in [0.5, 0.6) is 0 Å². The fourth-order valence-corrected chi connectivity index (χ4v) is 4.07. The van der Waals surface area contributed by atoms with Gasteiger partial charge in [-0.1, -0.05) is 56.6 Å². The number of carbonyl (C=O) groups excluding carboxylic acids is 1. The van der Waals surface area contributed by atoms with E-state index in [4.69, 9.17) is 11.6 Å². The zero-order valence-electron chi connectivity index (χ0n) is 17.4. The van der Waals surface area contributed by atoms with Gasteiger partial charge in [0, 0.05) is 35.8 Å². The smallest absolute Gasteiger partial charge is 0.423 e. The molecule has 0 aromatic heterocycles. The molecule has 1 aliphatic heterocycles. The Morgan fingerprint density at radius 3 is 2.31 bits per heavy atom. The van der Waals surface area contributed by atoms with E-state index < -0.39 is 12.5 Å². The molecule has 154 valence electrons. The minimum atomic E-state index is -1.50. The van der Waals surface area contributed by atoms with Crippen molar-refractivity contribution >= 4 is 35.8 Å². The van der Waals surface area contributed by atoms with E-state index in [2.05, 4.69) is 4.90 Å². The van der Waals surface area contributed by atoms with Crippen LogP contribution < -0.4 is 10.4 Å². The molecule has 29 heavy (non-hydrogen) atoms. The molecule has 2 aromatic rings. The molecule has 1 heterocycles. The van der Waals surface area contributed by atoms with Gasteiger partial charge in [-0.2, -0.15) is 0 Å². The quantitative estimate of drug-likeness (QED) is 0.758. The molecule has 0 bridgehead atoms. The number of aryl methyl sites for hydroxylation is 1. The summed E-state index contributed by atoms with van der Waals surface area (Å²) in [6.07, 6.45) is 0. The van der Waals surface area contributed by atoms with Crippen molar-refractivity contribution in [3.63, 3.8) is 0 Å². The van der Waals surface area contributed by atoms with Crippen molar-refractivity contribution in [3.05, 3.63) is 58.6 Å². The number of hydrogen-bond donors (Lipinski definition) is 2. The average molecular weight is 415 g/mol. The number of amides is 1. The predicted octanol–water partition coefficient (Wildman–Crippen LogP) is 2.76. The van der Waals surface area contributed by atoms with Crippen LogP contribution in [-0.2, 0) is 4.79 Å². The zero-order valence-corrected chi connectivity index (χ0v) is 18.1. The Balaban J connectivity index is 1.98. The van der Waals surface area contributed by atoms with Gasteiger partial charge in [-0.05, 0) is 41.7 Å². The minimum Gasteiger partial charge on any atom is -0.423 e. The fraction of sp³-hybridized carbons (Fsp3) is 0.409. The number of halogens is 1. The van der Waals surface area contributed by atoms with Gasteiger partial charge < -0.3 is 19.8 Å². The van der Waals surface area contributed by atoms with Crippen molar-refractivity contribution in [2.24, 2.45) is 5.41 Å². The highest BCUT2D eigenvalue weighted by atomic mass is 35.5. The minimum absolute atomic E-state index is 0.0418. The number of rotatable bonds is 3. The standard InChI is InChI=1S/C22H28BClN2O3/c1-15-13-18(24)9-10-19(15)26-12-11-25(21(27)22(2,3)4)14-20(26)16-5-7-17(8-6-16)23(28)29/h5-10,13,20,28-29H,11-12,14H2,1-4H3. The summed E-state index contributed by atoms with van der Waals surface area (Å²) in [6, 6.07) is 13.1. The van der Waals surface area contributed by atoms with E-state index in [9.17, 15) is 14.8 Å². The van der Waals surface area contributed by atoms with Crippen molar-refractivity contribution in [1.29, 1.82) is 0 Å². The number of anilines is 1. The van der Waals surface area contributed by atoms with E-state index in [0.29, 0.717) is 30.1 Å². The topological polar surface area (TPSA) is 64.0 Å². The van der Waals surface area contributed by atoms with Gasteiger partial charge in [0.05, 0.1) is 6.04 Å². The van der Waals surface area contributed by atoms with E-state index in [0.717, 1.165) is 16.8 Å². The third kappa shape index (κ3) is 4.77. The van der Waals surface area contributed by atoms with E-state index in [1.165, 1.54) is 0 Å². The van der Waals surface area contributed by atoms with E-state index >= 15 is 0 Å². The molecule has 1 fully saturated rings. The summed E-state index contributed by atoms with van der Waals surface area (Å²) in [4.78, 5) is 17.2. The van der Waals surface area contributed by atoms with Gasteiger partial charge in [-0.25, -0.2) is 0 Å². The molecule has 7 heteroatoms. The van der Waals surface area contributed by atoms with Crippen LogP contribution in [0, 0.1) is 12.3 Å². The number of piperazine rings is 1. The van der Waals surface area contributed by atoms with Crippen molar-refractivity contribution in [3.8, 4) is 0 Å². The van der Waals surface area contributed by atoms with Gasteiger partial charge >= 0.3 is 7.12 Å². The summed E-state index contributed by atoms with van der Waals surface area (Å²) >= 11 is 6.15. The zero-order chi connectivity index (χ0) is 21.3. The highest BCUT2D eigenvalue weighted by molar-refractivity contribution is 6.58. The first kappa shape index (κ1) is 21.7. The van der Waals surface area contributed by atoms with Crippen molar-refractivity contribution < 1.29 is 14.8 Å². The molecule has 5 nitrogen and oxygen atoms in total. The van der Waals surface area contributed by atoms with Gasteiger partial charge in [0.2, 0.25) is 5.91 Å². The van der Waals surface area contributed by atoms with Gasteiger partial charge in [0.15, 0.2) is 0 Å². The third-order valence-corrected chi connectivity index (χ3v) is 5.63. The second-order valence-corrected chi connectivity index (χ2v) is 9.12. The van der Waals surface area contributed by atoms with Crippen molar-refractivity contribution in [1.82, 2.24) is 4.90 Å². The lowest BCUT2D eigenvalue weighted by atomic mass is 9.79. The Kier molecular flexibility index (Phi) is 6.27. The van der Waals surface area contributed by atoms with Crippen LogP contribution in [0.25, 0.3) is 0 Å². The third-order valence-electron chi connectivity index (χ3n) is 5.40. The molecule has 1 saturated heterocycles. The molecule has 1 unspecified atom stereocenters. The maximum absolute atomic E-state index is 12.9. The number of carbonyl (C=O) groups is 1. The molecule has 0 saturated carbocycles. The van der Waals surface area contributed by atoms with Crippen LogP contribution in [0.2, 0.25) is 5.02 Å².